The molecule has 102 valence electrons. The van der Waals surface area contributed by atoms with Gasteiger partial charge in [-0.15, -0.1) is 0 Å². The first kappa shape index (κ1) is 14.1. The Bertz CT molecular complexity index is 519. The number of benzene rings is 1. The van der Waals surface area contributed by atoms with E-state index in [2.05, 4.69) is 21.2 Å². The molecule has 1 unspecified atom stereocenters. The molecule has 2 rings (SSSR count). The molecule has 1 heterocycles. The van der Waals surface area contributed by atoms with Crippen LogP contribution in [0.4, 0.5) is 0 Å². The average Bonchev–Trinajstić information content (AvgIpc) is 2.82. The molecule has 5 heteroatoms. The second-order valence-electron chi connectivity index (χ2n) is 4.25. The van der Waals surface area contributed by atoms with Gasteiger partial charge in [-0.05, 0) is 18.6 Å². The molecule has 0 fully saturated rings. The summed E-state index contributed by atoms with van der Waals surface area (Å²) in [6.07, 6.45) is 0.805. The Morgan fingerprint density at radius 1 is 1.47 bits per heavy atom. The molecule has 0 bridgehead atoms. The Balaban J connectivity index is 1.89. The van der Waals surface area contributed by atoms with E-state index in [1.54, 1.807) is 13.2 Å². The summed E-state index contributed by atoms with van der Waals surface area (Å²) in [6, 6.07) is 9.32. The standard InChI is InChI=1S/C14H16BrNO3/c1-18-9-11(15)6-7-16-14(17)13-8-10-4-2-3-5-12(10)19-13/h2-5,8,11H,6-7,9H2,1H3,(H,16,17). The normalized spacial score (nSPS) is 12.5. The van der Waals surface area contributed by atoms with Crippen LogP contribution in [0.15, 0.2) is 34.7 Å². The molecule has 0 aliphatic carbocycles. The van der Waals surface area contributed by atoms with Crippen molar-refractivity contribution < 1.29 is 13.9 Å². The highest BCUT2D eigenvalue weighted by atomic mass is 79.9. The number of fused-ring (bicyclic) bond motifs is 1. The highest BCUT2D eigenvalue weighted by Gasteiger charge is 2.12. The van der Waals surface area contributed by atoms with Gasteiger partial charge in [0.15, 0.2) is 5.76 Å². The van der Waals surface area contributed by atoms with Crippen molar-refractivity contribution in [2.24, 2.45) is 0 Å². The number of nitrogens with one attached hydrogen (secondary N) is 1. The van der Waals surface area contributed by atoms with Crippen molar-refractivity contribution in [2.45, 2.75) is 11.2 Å². The number of para-hydroxylation sites is 1. The van der Waals surface area contributed by atoms with Gasteiger partial charge in [0, 0.05) is 23.9 Å². The van der Waals surface area contributed by atoms with Gasteiger partial charge in [0.25, 0.3) is 5.91 Å². The highest BCUT2D eigenvalue weighted by molar-refractivity contribution is 9.09. The molecule has 0 saturated carbocycles. The van der Waals surface area contributed by atoms with Crippen LogP contribution in [0.3, 0.4) is 0 Å². The molecule has 2 aromatic rings. The molecule has 0 saturated heterocycles. The zero-order valence-corrected chi connectivity index (χ0v) is 12.3. The summed E-state index contributed by atoms with van der Waals surface area (Å²) >= 11 is 3.47. The van der Waals surface area contributed by atoms with Gasteiger partial charge in [-0.1, -0.05) is 34.1 Å². The van der Waals surface area contributed by atoms with E-state index in [0.29, 0.717) is 18.9 Å². The number of alkyl halides is 1. The van der Waals surface area contributed by atoms with E-state index in [1.165, 1.54) is 0 Å². The second-order valence-corrected chi connectivity index (χ2v) is 5.54. The molecule has 0 aliphatic rings. The number of ether oxygens (including phenoxy) is 1. The minimum absolute atomic E-state index is 0.187. The van der Waals surface area contributed by atoms with Gasteiger partial charge in [-0.2, -0.15) is 0 Å². The van der Waals surface area contributed by atoms with E-state index in [4.69, 9.17) is 9.15 Å². The van der Waals surface area contributed by atoms with E-state index in [0.717, 1.165) is 17.4 Å². The molecular formula is C14H16BrNO3. The average molecular weight is 326 g/mol. The summed E-state index contributed by atoms with van der Waals surface area (Å²) in [5.41, 5.74) is 0.727. The number of furan rings is 1. The van der Waals surface area contributed by atoms with Crippen LogP contribution < -0.4 is 5.32 Å². The Kier molecular flexibility index (Phi) is 4.99. The monoisotopic (exact) mass is 325 g/mol. The number of hydrogen-bond donors (Lipinski definition) is 1. The van der Waals surface area contributed by atoms with Gasteiger partial charge in [0.2, 0.25) is 0 Å². The summed E-state index contributed by atoms with van der Waals surface area (Å²) in [7, 11) is 1.65. The third-order valence-electron chi connectivity index (χ3n) is 2.74. The third kappa shape index (κ3) is 3.81. The zero-order valence-electron chi connectivity index (χ0n) is 10.7. The first-order chi connectivity index (χ1) is 9.20. The fraction of sp³-hybridized carbons (Fsp3) is 0.357. The molecule has 1 aromatic heterocycles. The second kappa shape index (κ2) is 6.73. The number of hydrogen-bond acceptors (Lipinski definition) is 3. The first-order valence-corrected chi connectivity index (χ1v) is 7.02. The van der Waals surface area contributed by atoms with E-state index in [1.807, 2.05) is 24.3 Å². The van der Waals surface area contributed by atoms with E-state index in [9.17, 15) is 4.79 Å². The van der Waals surface area contributed by atoms with Crippen molar-refractivity contribution in [3.8, 4) is 0 Å². The van der Waals surface area contributed by atoms with Crippen LogP contribution in [0.25, 0.3) is 11.0 Å². The minimum Gasteiger partial charge on any atom is -0.451 e. The van der Waals surface area contributed by atoms with Crippen LogP contribution in [0.1, 0.15) is 17.0 Å². The van der Waals surface area contributed by atoms with Gasteiger partial charge in [-0.3, -0.25) is 4.79 Å². The minimum atomic E-state index is -0.187. The van der Waals surface area contributed by atoms with Crippen molar-refractivity contribution in [2.75, 3.05) is 20.3 Å². The van der Waals surface area contributed by atoms with Gasteiger partial charge < -0.3 is 14.5 Å². The Labute approximate surface area is 120 Å². The molecule has 4 nitrogen and oxygen atoms in total. The number of carbonyl (C=O) groups excluding carboxylic acids is 1. The van der Waals surface area contributed by atoms with E-state index >= 15 is 0 Å². The predicted octanol–water partition coefficient (Wildman–Crippen LogP) is 2.96. The maximum absolute atomic E-state index is 11.9. The summed E-state index contributed by atoms with van der Waals surface area (Å²) in [5, 5.41) is 3.77. The van der Waals surface area contributed by atoms with Crippen molar-refractivity contribution in [3.05, 3.63) is 36.1 Å². The van der Waals surface area contributed by atoms with Crippen LogP contribution in [0, 0.1) is 0 Å². The quantitative estimate of drug-likeness (QED) is 0.831. The lowest BCUT2D eigenvalue weighted by atomic mass is 10.2. The summed E-state index contributed by atoms with van der Waals surface area (Å²) in [5.74, 6) is 0.160. The van der Waals surface area contributed by atoms with Crippen molar-refractivity contribution >= 4 is 32.8 Å². The summed E-state index contributed by atoms with van der Waals surface area (Å²) in [6.45, 7) is 1.20. The highest BCUT2D eigenvalue weighted by Crippen LogP contribution is 2.18. The Morgan fingerprint density at radius 2 is 2.26 bits per heavy atom. The summed E-state index contributed by atoms with van der Waals surface area (Å²) in [4.78, 5) is 12.1. The zero-order chi connectivity index (χ0) is 13.7. The van der Waals surface area contributed by atoms with Crippen LogP contribution >= 0.6 is 15.9 Å². The van der Waals surface area contributed by atoms with Crippen molar-refractivity contribution in [1.29, 1.82) is 0 Å². The molecule has 0 spiro atoms. The number of rotatable bonds is 6. The smallest absolute Gasteiger partial charge is 0.287 e. The Hall–Kier alpha value is -1.33. The largest absolute Gasteiger partial charge is 0.451 e. The van der Waals surface area contributed by atoms with Crippen LogP contribution in [0.5, 0.6) is 0 Å². The SMILES string of the molecule is COCC(Br)CCNC(=O)c1cc2ccccc2o1. The predicted molar refractivity (Wildman–Crippen MR) is 77.8 cm³/mol. The number of halogens is 1. The van der Waals surface area contributed by atoms with Gasteiger partial charge in [0.1, 0.15) is 5.58 Å². The molecular weight excluding hydrogens is 310 g/mol. The Morgan fingerprint density at radius 3 is 3.00 bits per heavy atom. The lowest BCUT2D eigenvalue weighted by molar-refractivity contribution is 0.0926. The third-order valence-corrected chi connectivity index (χ3v) is 3.46. The van der Waals surface area contributed by atoms with E-state index < -0.39 is 0 Å². The molecule has 1 amide bonds. The van der Waals surface area contributed by atoms with Crippen molar-refractivity contribution in [3.63, 3.8) is 0 Å². The fourth-order valence-corrected chi connectivity index (χ4v) is 2.28. The van der Waals surface area contributed by atoms with Crippen LogP contribution in [-0.4, -0.2) is 31.0 Å². The molecule has 1 N–H and O–H groups in total. The maximum atomic E-state index is 11.9. The van der Waals surface area contributed by atoms with Crippen molar-refractivity contribution in [1.82, 2.24) is 5.32 Å². The van der Waals surface area contributed by atoms with Crippen LogP contribution in [0.2, 0.25) is 0 Å². The van der Waals surface area contributed by atoms with E-state index in [-0.39, 0.29) is 10.7 Å². The number of amides is 1. The number of methoxy groups -OCH3 is 1. The van der Waals surface area contributed by atoms with Gasteiger partial charge in [-0.25, -0.2) is 0 Å². The molecule has 0 radical (unpaired) electrons. The molecule has 1 aromatic carbocycles. The van der Waals surface area contributed by atoms with Gasteiger partial charge in [0.05, 0.1) is 6.61 Å². The maximum Gasteiger partial charge on any atom is 0.287 e. The fourth-order valence-electron chi connectivity index (χ4n) is 1.79. The first-order valence-electron chi connectivity index (χ1n) is 6.10. The lowest BCUT2D eigenvalue weighted by Crippen LogP contribution is -2.26. The van der Waals surface area contributed by atoms with Crippen LogP contribution in [-0.2, 0) is 4.74 Å². The topological polar surface area (TPSA) is 51.5 Å². The number of carbonyl (C=O) groups is 1. The summed E-state index contributed by atoms with van der Waals surface area (Å²) < 4.78 is 10.5. The lowest BCUT2D eigenvalue weighted by Gasteiger charge is -2.08. The molecule has 0 aliphatic heterocycles. The molecule has 1 atom stereocenters. The van der Waals surface area contributed by atoms with Gasteiger partial charge >= 0.3 is 0 Å². The molecule has 19 heavy (non-hydrogen) atoms.